The molecular formula is C11H19N3OS. The SMILES string of the molecule is CC(C)NCc1cnc(N2CCOCC2)s1. The van der Waals surface area contributed by atoms with Gasteiger partial charge in [-0.2, -0.15) is 0 Å². The van der Waals surface area contributed by atoms with Crippen LogP contribution >= 0.6 is 11.3 Å². The maximum atomic E-state index is 5.33. The minimum Gasteiger partial charge on any atom is -0.378 e. The zero-order valence-corrected chi connectivity index (χ0v) is 10.7. The van der Waals surface area contributed by atoms with E-state index in [1.165, 1.54) is 4.88 Å². The van der Waals surface area contributed by atoms with Crippen molar-refractivity contribution >= 4 is 16.5 Å². The van der Waals surface area contributed by atoms with E-state index in [-0.39, 0.29) is 0 Å². The van der Waals surface area contributed by atoms with Gasteiger partial charge < -0.3 is 15.0 Å². The van der Waals surface area contributed by atoms with E-state index >= 15 is 0 Å². The van der Waals surface area contributed by atoms with Gasteiger partial charge in [0.05, 0.1) is 13.2 Å². The number of thiazole rings is 1. The molecule has 1 aliphatic rings. The van der Waals surface area contributed by atoms with Crippen molar-refractivity contribution in [1.82, 2.24) is 10.3 Å². The molecule has 0 radical (unpaired) electrons. The number of anilines is 1. The van der Waals surface area contributed by atoms with Gasteiger partial charge in [0.25, 0.3) is 0 Å². The third-order valence-corrected chi connectivity index (χ3v) is 3.57. The first-order valence-electron chi connectivity index (χ1n) is 5.76. The van der Waals surface area contributed by atoms with Crippen LogP contribution in [0.4, 0.5) is 5.13 Å². The summed E-state index contributed by atoms with van der Waals surface area (Å²) in [6.07, 6.45) is 1.98. The number of hydrogen-bond donors (Lipinski definition) is 1. The molecule has 1 fully saturated rings. The number of ether oxygens (including phenoxy) is 1. The summed E-state index contributed by atoms with van der Waals surface area (Å²) in [5.41, 5.74) is 0. The molecule has 1 aromatic heterocycles. The number of rotatable bonds is 4. The second-order valence-electron chi connectivity index (χ2n) is 4.24. The van der Waals surface area contributed by atoms with Gasteiger partial charge in [-0.3, -0.25) is 0 Å². The molecule has 4 nitrogen and oxygen atoms in total. The smallest absolute Gasteiger partial charge is 0.185 e. The molecular weight excluding hydrogens is 222 g/mol. The third-order valence-electron chi connectivity index (χ3n) is 2.51. The maximum absolute atomic E-state index is 5.33. The normalized spacial score (nSPS) is 17.1. The summed E-state index contributed by atoms with van der Waals surface area (Å²) in [5.74, 6) is 0. The highest BCUT2D eigenvalue weighted by atomic mass is 32.1. The van der Waals surface area contributed by atoms with E-state index in [4.69, 9.17) is 4.74 Å². The molecule has 0 atom stereocenters. The maximum Gasteiger partial charge on any atom is 0.185 e. The summed E-state index contributed by atoms with van der Waals surface area (Å²) in [6.45, 7) is 8.79. The summed E-state index contributed by atoms with van der Waals surface area (Å²) < 4.78 is 5.33. The fourth-order valence-corrected chi connectivity index (χ4v) is 2.50. The van der Waals surface area contributed by atoms with Crippen molar-refractivity contribution in [2.75, 3.05) is 31.2 Å². The van der Waals surface area contributed by atoms with E-state index < -0.39 is 0 Å². The first kappa shape index (κ1) is 11.8. The lowest BCUT2D eigenvalue weighted by atomic mass is 10.4. The predicted octanol–water partition coefficient (Wildman–Crippen LogP) is 1.48. The Bertz CT molecular complexity index is 321. The summed E-state index contributed by atoms with van der Waals surface area (Å²) >= 11 is 1.78. The van der Waals surface area contributed by atoms with Gasteiger partial charge >= 0.3 is 0 Å². The van der Waals surface area contributed by atoms with Crippen LogP contribution in [0, 0.1) is 0 Å². The predicted molar refractivity (Wildman–Crippen MR) is 67.1 cm³/mol. The molecule has 5 heteroatoms. The van der Waals surface area contributed by atoms with Gasteiger partial charge in [-0.15, -0.1) is 11.3 Å². The van der Waals surface area contributed by atoms with Crippen LogP contribution in [0.1, 0.15) is 18.7 Å². The molecule has 2 rings (SSSR count). The molecule has 0 unspecified atom stereocenters. The molecule has 0 saturated carbocycles. The van der Waals surface area contributed by atoms with Gasteiger partial charge in [0.15, 0.2) is 5.13 Å². The van der Waals surface area contributed by atoms with Crippen LogP contribution in [0.3, 0.4) is 0 Å². The second kappa shape index (κ2) is 5.61. The van der Waals surface area contributed by atoms with E-state index in [2.05, 4.69) is 29.0 Å². The van der Waals surface area contributed by atoms with E-state index in [0.29, 0.717) is 6.04 Å². The number of morpholine rings is 1. The van der Waals surface area contributed by atoms with Gasteiger partial charge in [-0.25, -0.2) is 4.98 Å². The van der Waals surface area contributed by atoms with E-state index in [1.807, 2.05) is 6.20 Å². The summed E-state index contributed by atoms with van der Waals surface area (Å²) in [4.78, 5) is 8.07. The molecule has 1 aromatic rings. The van der Waals surface area contributed by atoms with Gasteiger partial charge in [0.1, 0.15) is 0 Å². The average molecular weight is 241 g/mol. The Morgan fingerprint density at radius 2 is 2.25 bits per heavy atom. The molecule has 0 aromatic carbocycles. The minimum absolute atomic E-state index is 0.522. The Hall–Kier alpha value is -0.650. The van der Waals surface area contributed by atoms with Crippen LogP contribution in [-0.4, -0.2) is 37.3 Å². The molecule has 0 aliphatic carbocycles. The van der Waals surface area contributed by atoms with Crippen molar-refractivity contribution in [3.63, 3.8) is 0 Å². The Balaban J connectivity index is 1.90. The quantitative estimate of drug-likeness (QED) is 0.866. The number of hydrogen-bond acceptors (Lipinski definition) is 5. The lowest BCUT2D eigenvalue weighted by Gasteiger charge is -2.25. The zero-order valence-electron chi connectivity index (χ0n) is 9.90. The van der Waals surface area contributed by atoms with E-state index in [0.717, 1.165) is 38.0 Å². The van der Waals surface area contributed by atoms with Crippen molar-refractivity contribution < 1.29 is 4.74 Å². The van der Waals surface area contributed by atoms with Gasteiger partial charge in [-0.1, -0.05) is 13.8 Å². The van der Waals surface area contributed by atoms with Crippen molar-refractivity contribution in [3.05, 3.63) is 11.1 Å². The molecule has 2 heterocycles. The molecule has 0 amide bonds. The second-order valence-corrected chi connectivity index (χ2v) is 5.34. The standard InChI is InChI=1S/C11H19N3OS/c1-9(2)12-7-10-8-13-11(16-10)14-3-5-15-6-4-14/h8-9,12H,3-7H2,1-2H3. The number of nitrogens with zero attached hydrogens (tertiary/aromatic N) is 2. The monoisotopic (exact) mass is 241 g/mol. The Labute approximate surface area is 101 Å². The van der Waals surface area contributed by atoms with Gasteiger partial charge in [-0.05, 0) is 0 Å². The van der Waals surface area contributed by atoms with Crippen molar-refractivity contribution in [3.8, 4) is 0 Å². The first-order chi connectivity index (χ1) is 7.75. The highest BCUT2D eigenvalue weighted by molar-refractivity contribution is 7.15. The van der Waals surface area contributed by atoms with Gasteiger partial charge in [0, 0.05) is 36.8 Å². The number of nitrogens with one attached hydrogen (secondary N) is 1. The molecule has 16 heavy (non-hydrogen) atoms. The Kier molecular flexibility index (Phi) is 4.15. The molecule has 1 saturated heterocycles. The molecule has 0 spiro atoms. The van der Waals surface area contributed by atoms with Crippen LogP contribution in [-0.2, 0) is 11.3 Å². The van der Waals surface area contributed by atoms with Crippen LogP contribution < -0.4 is 10.2 Å². The van der Waals surface area contributed by atoms with Crippen molar-refractivity contribution in [2.24, 2.45) is 0 Å². The minimum atomic E-state index is 0.522. The lowest BCUT2D eigenvalue weighted by Crippen LogP contribution is -2.36. The zero-order chi connectivity index (χ0) is 11.4. The van der Waals surface area contributed by atoms with E-state index in [9.17, 15) is 0 Å². The highest BCUT2D eigenvalue weighted by Crippen LogP contribution is 2.23. The van der Waals surface area contributed by atoms with Crippen molar-refractivity contribution in [2.45, 2.75) is 26.4 Å². The van der Waals surface area contributed by atoms with Crippen LogP contribution in [0.5, 0.6) is 0 Å². The molecule has 1 aliphatic heterocycles. The largest absolute Gasteiger partial charge is 0.378 e. The van der Waals surface area contributed by atoms with Crippen LogP contribution in [0.2, 0.25) is 0 Å². The summed E-state index contributed by atoms with van der Waals surface area (Å²) in [6, 6.07) is 0.522. The summed E-state index contributed by atoms with van der Waals surface area (Å²) in [5, 5.41) is 4.53. The van der Waals surface area contributed by atoms with Crippen LogP contribution in [0.15, 0.2) is 6.20 Å². The van der Waals surface area contributed by atoms with E-state index in [1.54, 1.807) is 11.3 Å². The molecule has 0 bridgehead atoms. The Morgan fingerprint density at radius 1 is 1.50 bits per heavy atom. The fourth-order valence-electron chi connectivity index (χ4n) is 1.58. The van der Waals surface area contributed by atoms with Crippen molar-refractivity contribution in [1.29, 1.82) is 0 Å². The Morgan fingerprint density at radius 3 is 2.94 bits per heavy atom. The summed E-state index contributed by atoms with van der Waals surface area (Å²) in [7, 11) is 0. The molecule has 1 N–H and O–H groups in total. The lowest BCUT2D eigenvalue weighted by molar-refractivity contribution is 0.122. The topological polar surface area (TPSA) is 37.4 Å². The van der Waals surface area contributed by atoms with Crippen LogP contribution in [0.25, 0.3) is 0 Å². The molecule has 90 valence electrons. The highest BCUT2D eigenvalue weighted by Gasteiger charge is 2.14. The average Bonchev–Trinajstić information content (AvgIpc) is 2.76. The first-order valence-corrected chi connectivity index (χ1v) is 6.58. The van der Waals surface area contributed by atoms with Gasteiger partial charge in [0.2, 0.25) is 0 Å². The fraction of sp³-hybridized carbons (Fsp3) is 0.727. The third kappa shape index (κ3) is 3.17. The number of aromatic nitrogens is 1.